The molecule has 1 heterocycles. The fourth-order valence-electron chi connectivity index (χ4n) is 1.49. The number of aliphatic carboxylic acids is 1. The molecule has 0 aromatic carbocycles. The van der Waals surface area contributed by atoms with Gasteiger partial charge in [-0.3, -0.25) is 18.8 Å². The van der Waals surface area contributed by atoms with Crippen LogP contribution in [0.2, 0.25) is 0 Å². The van der Waals surface area contributed by atoms with Gasteiger partial charge in [-0.25, -0.2) is 0 Å². The third-order valence-corrected chi connectivity index (χ3v) is 4.05. The van der Waals surface area contributed by atoms with E-state index < -0.39 is 16.6 Å². The van der Waals surface area contributed by atoms with Crippen molar-refractivity contribution in [3.05, 3.63) is 0 Å². The van der Waals surface area contributed by atoms with Crippen LogP contribution in [-0.2, 0) is 4.79 Å². The molecule has 0 spiro atoms. The van der Waals surface area contributed by atoms with Crippen molar-refractivity contribution < 1.29 is 19.0 Å². The Bertz CT molecular complexity index is 209. The smallest absolute Gasteiger partial charge is 0.317 e. The van der Waals surface area contributed by atoms with Crippen LogP contribution in [0.1, 0.15) is 6.42 Å². The number of rotatable bonds is 3. The first-order valence-corrected chi connectivity index (χ1v) is 5.95. The largest absolute Gasteiger partial charge is 0.480 e. The van der Waals surface area contributed by atoms with Crippen molar-refractivity contribution in [3.8, 4) is 0 Å². The van der Waals surface area contributed by atoms with Crippen molar-refractivity contribution in [2.24, 2.45) is 0 Å². The molecule has 1 saturated heterocycles. The molecule has 0 saturated carbocycles. The molecule has 13 heavy (non-hydrogen) atoms. The summed E-state index contributed by atoms with van der Waals surface area (Å²) in [7, 11) is -0.717. The lowest BCUT2D eigenvalue weighted by Crippen LogP contribution is -2.36. The van der Waals surface area contributed by atoms with Crippen molar-refractivity contribution in [2.75, 3.05) is 25.1 Å². The molecule has 1 unspecified atom stereocenters. The first-order valence-electron chi connectivity index (χ1n) is 4.06. The minimum atomic E-state index is -2.41. The predicted octanol–water partition coefficient (Wildman–Crippen LogP) is 0.526. The number of hydrogen-bond acceptors (Lipinski definition) is 4. The lowest BCUT2D eigenvalue weighted by atomic mass is 10.2. The Kier molecular flexibility index (Phi) is 3.18. The van der Waals surface area contributed by atoms with E-state index in [2.05, 4.69) is 0 Å². The summed E-state index contributed by atoms with van der Waals surface area (Å²) in [6.45, 7) is -0.0415. The predicted molar refractivity (Wildman–Crippen MR) is 51.3 cm³/mol. The van der Waals surface area contributed by atoms with E-state index in [1.165, 1.54) is 0 Å². The van der Waals surface area contributed by atoms with Gasteiger partial charge >= 0.3 is 5.97 Å². The summed E-state index contributed by atoms with van der Waals surface area (Å²) in [4.78, 5) is 12.0. The van der Waals surface area contributed by atoms with Gasteiger partial charge in [0.1, 0.15) is 0 Å². The van der Waals surface area contributed by atoms with E-state index in [1.54, 1.807) is 11.9 Å². The van der Waals surface area contributed by atoms with E-state index in [0.717, 1.165) is 0 Å². The van der Waals surface area contributed by atoms with Gasteiger partial charge < -0.3 is 5.11 Å². The van der Waals surface area contributed by atoms with Crippen LogP contribution in [-0.4, -0.2) is 56.2 Å². The van der Waals surface area contributed by atoms with Crippen LogP contribution in [0.5, 0.6) is 0 Å². The maximum Gasteiger partial charge on any atom is 0.317 e. The highest BCUT2D eigenvalue weighted by Crippen LogP contribution is 2.46. The Morgan fingerprint density at radius 3 is 2.62 bits per heavy atom. The third kappa shape index (κ3) is 3.15. The number of carboxylic acids is 1. The van der Waals surface area contributed by atoms with E-state index in [1.807, 2.05) is 0 Å². The van der Waals surface area contributed by atoms with Gasteiger partial charge in [-0.2, -0.15) is 10.6 Å². The maximum absolute atomic E-state index is 10.4. The summed E-state index contributed by atoms with van der Waals surface area (Å²) in [5.74, 6) is -0.163. The molecule has 0 bridgehead atoms. The molecule has 5 nitrogen and oxygen atoms in total. The SMILES string of the molecule is CN(CC(=O)O)C1CCS(O)(O)C1. The molecule has 78 valence electrons. The number of carboxylic acid groups (broad SMARTS) is 1. The molecule has 0 radical (unpaired) electrons. The summed E-state index contributed by atoms with van der Waals surface area (Å²) < 4.78 is 18.6. The zero-order chi connectivity index (χ0) is 10.1. The van der Waals surface area contributed by atoms with Gasteiger partial charge in [0.2, 0.25) is 0 Å². The molecule has 6 heteroatoms. The Labute approximate surface area is 78.7 Å². The molecule has 1 atom stereocenters. The summed E-state index contributed by atoms with van der Waals surface area (Å²) in [6.07, 6.45) is 0.673. The molecule has 1 aliphatic heterocycles. The second kappa shape index (κ2) is 3.83. The maximum atomic E-state index is 10.4. The van der Waals surface area contributed by atoms with Gasteiger partial charge in [-0.05, 0) is 13.5 Å². The van der Waals surface area contributed by atoms with Crippen molar-refractivity contribution in [1.29, 1.82) is 0 Å². The quantitative estimate of drug-likeness (QED) is 0.631. The molecule has 0 aliphatic carbocycles. The van der Waals surface area contributed by atoms with E-state index in [9.17, 15) is 13.9 Å². The first-order chi connectivity index (χ1) is 5.91. The normalized spacial score (nSPS) is 29.1. The lowest BCUT2D eigenvalue weighted by Gasteiger charge is -2.28. The molecule has 0 aromatic heterocycles. The fraction of sp³-hybridized carbons (Fsp3) is 0.857. The summed E-state index contributed by atoms with van der Waals surface area (Å²) in [5.41, 5.74) is 0. The first kappa shape index (κ1) is 10.8. The lowest BCUT2D eigenvalue weighted by molar-refractivity contribution is -0.138. The number of nitrogens with zero attached hydrogens (tertiary/aromatic N) is 1. The zero-order valence-corrected chi connectivity index (χ0v) is 8.33. The Balaban J connectivity index is 2.42. The Morgan fingerprint density at radius 1 is 1.62 bits per heavy atom. The average molecular weight is 209 g/mol. The third-order valence-electron chi connectivity index (χ3n) is 2.25. The summed E-state index contributed by atoms with van der Waals surface area (Å²) in [6, 6.07) is 0.00102. The molecule has 0 amide bonds. The van der Waals surface area contributed by atoms with Crippen LogP contribution in [0.25, 0.3) is 0 Å². The van der Waals surface area contributed by atoms with Gasteiger partial charge in [0.05, 0.1) is 12.3 Å². The summed E-state index contributed by atoms with van der Waals surface area (Å²) in [5, 5.41) is 8.51. The minimum absolute atomic E-state index is 0.00102. The van der Waals surface area contributed by atoms with Crippen molar-refractivity contribution in [1.82, 2.24) is 4.90 Å². The van der Waals surface area contributed by atoms with Gasteiger partial charge in [0, 0.05) is 11.8 Å². The van der Waals surface area contributed by atoms with Crippen LogP contribution >= 0.6 is 10.6 Å². The van der Waals surface area contributed by atoms with Gasteiger partial charge in [-0.1, -0.05) is 0 Å². The van der Waals surface area contributed by atoms with E-state index in [4.69, 9.17) is 5.11 Å². The Morgan fingerprint density at radius 2 is 2.23 bits per heavy atom. The summed E-state index contributed by atoms with van der Waals surface area (Å²) >= 11 is 0. The van der Waals surface area contributed by atoms with Crippen molar-refractivity contribution in [3.63, 3.8) is 0 Å². The van der Waals surface area contributed by atoms with E-state index in [0.29, 0.717) is 17.9 Å². The van der Waals surface area contributed by atoms with Gasteiger partial charge in [0.15, 0.2) is 0 Å². The van der Waals surface area contributed by atoms with Crippen molar-refractivity contribution >= 4 is 16.6 Å². The molecule has 1 aliphatic rings. The number of likely N-dealkylation sites (N-methyl/N-ethyl adjacent to an activating group) is 1. The number of carbonyl (C=O) groups is 1. The Hall–Kier alpha value is -0.300. The number of hydrogen-bond donors (Lipinski definition) is 3. The minimum Gasteiger partial charge on any atom is -0.480 e. The van der Waals surface area contributed by atoms with Crippen LogP contribution in [0.3, 0.4) is 0 Å². The average Bonchev–Trinajstić information content (AvgIpc) is 2.28. The highest BCUT2D eigenvalue weighted by molar-refractivity contribution is 8.24. The van der Waals surface area contributed by atoms with E-state index in [-0.39, 0.29) is 12.6 Å². The highest BCUT2D eigenvalue weighted by Gasteiger charge is 2.31. The molecule has 3 N–H and O–H groups in total. The second-order valence-electron chi connectivity index (χ2n) is 3.42. The topological polar surface area (TPSA) is 81.0 Å². The zero-order valence-electron chi connectivity index (χ0n) is 7.51. The standard InChI is InChI=1S/C7H15NO4S/c1-8(4-7(9)10)6-2-3-13(11,12)5-6/h6,11-12H,2-5H2,1H3,(H,9,10). The van der Waals surface area contributed by atoms with Crippen LogP contribution in [0.15, 0.2) is 0 Å². The molecular weight excluding hydrogens is 194 g/mol. The molecule has 0 aromatic rings. The van der Waals surface area contributed by atoms with Gasteiger partial charge in [-0.15, -0.1) is 0 Å². The molecule has 1 rings (SSSR count). The highest BCUT2D eigenvalue weighted by atomic mass is 32.3. The van der Waals surface area contributed by atoms with Crippen molar-refractivity contribution in [2.45, 2.75) is 12.5 Å². The molecular formula is C7H15NO4S. The van der Waals surface area contributed by atoms with Crippen LogP contribution < -0.4 is 0 Å². The van der Waals surface area contributed by atoms with Crippen LogP contribution in [0.4, 0.5) is 0 Å². The second-order valence-corrected chi connectivity index (χ2v) is 5.77. The van der Waals surface area contributed by atoms with Crippen LogP contribution in [0, 0.1) is 0 Å². The fourth-order valence-corrected chi connectivity index (χ4v) is 3.34. The van der Waals surface area contributed by atoms with E-state index >= 15 is 0 Å². The molecule has 1 fully saturated rings. The van der Waals surface area contributed by atoms with Gasteiger partial charge in [0.25, 0.3) is 0 Å². The monoisotopic (exact) mass is 209 g/mol.